The van der Waals surface area contributed by atoms with E-state index in [0.29, 0.717) is 5.56 Å². The topological polar surface area (TPSA) is 27.1 Å². The molecular weight excluding hydrogens is 470 g/mol. The van der Waals surface area contributed by atoms with Crippen LogP contribution < -0.4 is 3.71 Å². The maximum absolute atomic E-state index is 14.4. The first-order chi connectivity index (χ1) is 13.8. The first-order valence-corrected chi connectivity index (χ1v) is 20.7. The standard InChI is InChI=1S/C21H22FN2O.3CH3.Sn/c1-3-15-10-14(2)19(22)12-18(15)16-7-8-17-13-23-24(20(17)11-16)21-6-4-5-9-25-21;;;;/h7-8,10-12,21H,3-6,9H2,1-2H3;3*1H3;. The van der Waals surface area contributed by atoms with Crippen molar-refractivity contribution in [3.8, 4) is 11.1 Å². The number of benzene rings is 2. The number of hydrogen-bond acceptors (Lipinski definition) is 2. The Balaban J connectivity index is 1.92. The third-order valence-electron chi connectivity index (χ3n) is 5.92. The summed E-state index contributed by atoms with van der Waals surface area (Å²) in [5.74, 6) is -0.145. The zero-order valence-electron chi connectivity index (χ0n) is 18.2. The van der Waals surface area contributed by atoms with E-state index in [0.717, 1.165) is 42.5 Å². The summed E-state index contributed by atoms with van der Waals surface area (Å²) in [6, 6.07) is 10.2. The number of fused-ring (bicyclic) bond motifs is 1. The maximum atomic E-state index is 14.4. The molecule has 2 aromatic carbocycles. The fourth-order valence-corrected chi connectivity index (χ4v) is 8.37. The van der Waals surface area contributed by atoms with Gasteiger partial charge in [-0.05, 0) is 0 Å². The third-order valence-corrected chi connectivity index (χ3v) is 11.0. The van der Waals surface area contributed by atoms with E-state index < -0.39 is 18.4 Å². The van der Waals surface area contributed by atoms with Crippen LogP contribution in [0.2, 0.25) is 14.8 Å². The molecular formula is C24H31FN2OSn. The van der Waals surface area contributed by atoms with Gasteiger partial charge in [0.25, 0.3) is 0 Å². The summed E-state index contributed by atoms with van der Waals surface area (Å²) < 4.78 is 23.9. The molecule has 1 aromatic heterocycles. The van der Waals surface area contributed by atoms with E-state index in [1.807, 2.05) is 13.0 Å². The molecule has 0 N–H and O–H groups in total. The Morgan fingerprint density at radius 3 is 2.62 bits per heavy atom. The zero-order valence-corrected chi connectivity index (χ0v) is 21.0. The molecule has 0 amide bonds. The molecule has 3 nitrogen and oxygen atoms in total. The monoisotopic (exact) mass is 502 g/mol. The molecule has 2 heterocycles. The second-order valence-corrected chi connectivity index (χ2v) is 23.4. The van der Waals surface area contributed by atoms with E-state index in [1.54, 1.807) is 6.07 Å². The molecule has 1 fully saturated rings. The summed E-state index contributed by atoms with van der Waals surface area (Å²) in [5.41, 5.74) is 5.05. The number of aromatic nitrogens is 2. The van der Waals surface area contributed by atoms with Gasteiger partial charge in [0.1, 0.15) is 0 Å². The molecule has 0 spiro atoms. The van der Waals surface area contributed by atoms with E-state index in [2.05, 4.69) is 44.6 Å². The van der Waals surface area contributed by atoms with Gasteiger partial charge in [0.15, 0.2) is 0 Å². The molecule has 1 unspecified atom stereocenters. The van der Waals surface area contributed by atoms with E-state index in [4.69, 9.17) is 9.84 Å². The first-order valence-electron chi connectivity index (χ1n) is 10.7. The molecule has 0 aliphatic carbocycles. The second-order valence-electron chi connectivity index (χ2n) is 9.21. The van der Waals surface area contributed by atoms with Gasteiger partial charge >= 0.3 is 177 Å². The number of ether oxygens (including phenoxy) is 1. The molecule has 5 heteroatoms. The van der Waals surface area contributed by atoms with Crippen LogP contribution in [-0.2, 0) is 11.2 Å². The van der Waals surface area contributed by atoms with Gasteiger partial charge in [0, 0.05) is 0 Å². The normalized spacial score (nSPS) is 17.8. The van der Waals surface area contributed by atoms with Crippen molar-refractivity contribution in [2.75, 3.05) is 6.61 Å². The Hall–Kier alpha value is -1.40. The number of rotatable bonds is 4. The van der Waals surface area contributed by atoms with Crippen LogP contribution in [-0.4, -0.2) is 34.8 Å². The third kappa shape index (κ3) is 3.98. The molecule has 4 rings (SSSR count). The summed E-state index contributed by atoms with van der Waals surface area (Å²) in [6.45, 7) is 4.75. The predicted molar refractivity (Wildman–Crippen MR) is 121 cm³/mol. The van der Waals surface area contributed by atoms with Crippen LogP contribution in [0.3, 0.4) is 0 Å². The molecule has 29 heavy (non-hydrogen) atoms. The first kappa shape index (κ1) is 20.9. The SMILES string of the molecule is CCc1cc(C)c(F)cc1-c1ccc2[c]([Sn]([CH3])([CH3])[CH3])nn(C3CCCCO3)c2c1. The Bertz CT molecular complexity index is 1050. The van der Waals surface area contributed by atoms with Gasteiger partial charge in [-0.2, -0.15) is 0 Å². The van der Waals surface area contributed by atoms with Crippen LogP contribution in [0.1, 0.15) is 43.5 Å². The molecule has 1 aliphatic rings. The van der Waals surface area contributed by atoms with Crippen LogP contribution in [0.15, 0.2) is 30.3 Å². The van der Waals surface area contributed by atoms with Gasteiger partial charge < -0.3 is 0 Å². The Kier molecular flexibility index (Phi) is 5.77. The molecule has 1 atom stereocenters. The number of aryl methyl sites for hydroxylation is 2. The number of halogens is 1. The summed E-state index contributed by atoms with van der Waals surface area (Å²) in [4.78, 5) is 7.21. The van der Waals surface area contributed by atoms with Gasteiger partial charge in [-0.3, -0.25) is 0 Å². The fraction of sp³-hybridized carbons (Fsp3) is 0.458. The molecule has 0 bridgehead atoms. The molecule has 0 saturated carbocycles. The molecule has 154 valence electrons. The van der Waals surface area contributed by atoms with E-state index >= 15 is 0 Å². The van der Waals surface area contributed by atoms with Gasteiger partial charge in [-0.1, -0.05) is 0 Å². The van der Waals surface area contributed by atoms with Crippen molar-refractivity contribution in [2.24, 2.45) is 0 Å². The Morgan fingerprint density at radius 2 is 1.97 bits per heavy atom. The van der Waals surface area contributed by atoms with E-state index in [-0.39, 0.29) is 12.0 Å². The average molecular weight is 501 g/mol. The minimum atomic E-state index is -2.41. The van der Waals surface area contributed by atoms with Gasteiger partial charge in [-0.25, -0.2) is 0 Å². The molecule has 3 aromatic rings. The summed E-state index contributed by atoms with van der Waals surface area (Å²) in [5, 5.41) is 6.35. The molecule has 1 saturated heterocycles. The fourth-order valence-electron chi connectivity index (χ4n) is 4.30. The van der Waals surface area contributed by atoms with Crippen molar-refractivity contribution in [3.05, 3.63) is 47.3 Å². The van der Waals surface area contributed by atoms with Crippen LogP contribution >= 0.6 is 0 Å². The van der Waals surface area contributed by atoms with Crippen molar-refractivity contribution < 1.29 is 9.13 Å². The number of nitrogens with zero attached hydrogens (tertiary/aromatic N) is 2. The van der Waals surface area contributed by atoms with Crippen molar-refractivity contribution >= 4 is 33.0 Å². The van der Waals surface area contributed by atoms with Gasteiger partial charge in [0.2, 0.25) is 0 Å². The molecule has 1 aliphatic heterocycles. The quantitative estimate of drug-likeness (QED) is 0.413. The van der Waals surface area contributed by atoms with Gasteiger partial charge in [-0.15, -0.1) is 0 Å². The zero-order chi connectivity index (χ0) is 20.8. The molecule has 0 radical (unpaired) electrons. The van der Waals surface area contributed by atoms with Crippen LogP contribution in [0, 0.1) is 12.7 Å². The van der Waals surface area contributed by atoms with Crippen molar-refractivity contribution in [2.45, 2.75) is 60.6 Å². The average Bonchev–Trinajstić information content (AvgIpc) is 3.09. The van der Waals surface area contributed by atoms with E-state index in [9.17, 15) is 4.39 Å². The van der Waals surface area contributed by atoms with Crippen LogP contribution in [0.25, 0.3) is 22.0 Å². The van der Waals surface area contributed by atoms with Crippen LogP contribution in [0.5, 0.6) is 0 Å². The number of hydrogen-bond donors (Lipinski definition) is 0. The predicted octanol–water partition coefficient (Wildman–Crippen LogP) is 5.96. The summed E-state index contributed by atoms with van der Waals surface area (Å²) in [7, 11) is 0. The van der Waals surface area contributed by atoms with E-state index in [1.165, 1.54) is 21.1 Å². The van der Waals surface area contributed by atoms with Crippen molar-refractivity contribution in [1.82, 2.24) is 9.78 Å². The summed E-state index contributed by atoms with van der Waals surface area (Å²) in [6.07, 6.45) is 4.17. The Morgan fingerprint density at radius 1 is 1.17 bits per heavy atom. The second kappa shape index (κ2) is 8.03. The van der Waals surface area contributed by atoms with Crippen molar-refractivity contribution in [3.63, 3.8) is 0 Å². The Labute approximate surface area is 177 Å². The summed E-state index contributed by atoms with van der Waals surface area (Å²) >= 11 is -2.41. The minimum absolute atomic E-state index is 0.00397. The van der Waals surface area contributed by atoms with Crippen LogP contribution in [0.4, 0.5) is 4.39 Å². The van der Waals surface area contributed by atoms with Crippen molar-refractivity contribution in [1.29, 1.82) is 0 Å². The van der Waals surface area contributed by atoms with Gasteiger partial charge in [0.05, 0.1) is 0 Å².